The quantitative estimate of drug-likeness (QED) is 0.189. The molecule has 0 aliphatic carbocycles. The molecule has 0 spiro atoms. The zero-order chi connectivity index (χ0) is 22.5. The van der Waals surface area contributed by atoms with Crippen molar-refractivity contribution < 1.29 is 9.66 Å². The molecule has 1 heterocycles. The van der Waals surface area contributed by atoms with Crippen LogP contribution in [-0.4, -0.2) is 16.1 Å². The van der Waals surface area contributed by atoms with Crippen LogP contribution in [0.25, 0.3) is 22.6 Å². The molecule has 0 radical (unpaired) electrons. The minimum atomic E-state index is -0.459. The number of fused-ring (bicyclic) bond motifs is 1. The first-order valence-electron chi connectivity index (χ1n) is 9.88. The van der Waals surface area contributed by atoms with Gasteiger partial charge < -0.3 is 9.30 Å². The van der Waals surface area contributed by atoms with Gasteiger partial charge >= 0.3 is 0 Å². The van der Waals surface area contributed by atoms with Crippen LogP contribution < -0.4 is 4.74 Å². The summed E-state index contributed by atoms with van der Waals surface area (Å²) in [6, 6.07) is 23.3. The molecule has 1 aromatic heterocycles. The molecule has 4 rings (SSSR count). The van der Waals surface area contributed by atoms with Gasteiger partial charge in [0.2, 0.25) is 0 Å². The number of allylic oxidation sites excluding steroid dienone is 1. The number of hydrogen-bond acceptors (Lipinski definition) is 4. The van der Waals surface area contributed by atoms with Crippen LogP contribution in [0.4, 0.5) is 5.69 Å². The fourth-order valence-corrected chi connectivity index (χ4v) is 3.59. The highest BCUT2D eigenvalue weighted by molar-refractivity contribution is 6.30. The summed E-state index contributed by atoms with van der Waals surface area (Å²) in [5.41, 5.74) is 2.96. The molecule has 0 N–H and O–H groups in total. The van der Waals surface area contributed by atoms with Crippen LogP contribution in [0, 0.1) is 21.4 Å². The average molecular weight is 444 g/mol. The second-order valence-electron chi connectivity index (χ2n) is 7.07. The van der Waals surface area contributed by atoms with Crippen LogP contribution in [0.1, 0.15) is 11.1 Å². The van der Waals surface area contributed by atoms with Crippen molar-refractivity contribution in [3.8, 4) is 11.8 Å². The number of nitro benzene ring substituents is 1. The summed E-state index contributed by atoms with van der Waals surface area (Å²) in [4.78, 5) is 10.4. The fraction of sp³-hybridized carbons (Fsp3) is 0.0800. The minimum absolute atomic E-state index is 0.0108. The first-order chi connectivity index (χ1) is 15.5. The zero-order valence-corrected chi connectivity index (χ0v) is 17.7. The summed E-state index contributed by atoms with van der Waals surface area (Å²) >= 11 is 5.91. The molecule has 32 heavy (non-hydrogen) atoms. The van der Waals surface area contributed by atoms with E-state index in [0.29, 0.717) is 29.3 Å². The van der Waals surface area contributed by atoms with Gasteiger partial charge in [0.1, 0.15) is 12.4 Å². The molecule has 158 valence electrons. The van der Waals surface area contributed by atoms with Crippen molar-refractivity contribution in [1.29, 1.82) is 5.26 Å². The van der Waals surface area contributed by atoms with E-state index in [1.807, 2.05) is 42.6 Å². The fourth-order valence-electron chi connectivity index (χ4n) is 3.47. The van der Waals surface area contributed by atoms with E-state index in [1.165, 1.54) is 12.1 Å². The van der Waals surface area contributed by atoms with Crippen LogP contribution in [0.2, 0.25) is 5.02 Å². The monoisotopic (exact) mass is 443 g/mol. The second-order valence-corrected chi connectivity index (χ2v) is 7.51. The van der Waals surface area contributed by atoms with E-state index in [4.69, 9.17) is 16.3 Å². The van der Waals surface area contributed by atoms with E-state index in [0.717, 1.165) is 22.2 Å². The number of non-ortho nitro benzene ring substituents is 1. The van der Waals surface area contributed by atoms with E-state index in [9.17, 15) is 15.4 Å². The predicted octanol–water partition coefficient (Wildman–Crippen LogP) is 6.35. The third kappa shape index (κ3) is 4.64. The molecule has 7 heteroatoms. The Kier molecular flexibility index (Phi) is 6.20. The van der Waals surface area contributed by atoms with Crippen molar-refractivity contribution in [2.75, 3.05) is 6.61 Å². The second kappa shape index (κ2) is 9.38. The van der Waals surface area contributed by atoms with Crippen molar-refractivity contribution in [1.82, 2.24) is 4.57 Å². The third-order valence-electron chi connectivity index (χ3n) is 5.04. The van der Waals surface area contributed by atoms with Gasteiger partial charge in [-0.25, -0.2) is 0 Å². The van der Waals surface area contributed by atoms with Crippen LogP contribution in [0.15, 0.2) is 79.0 Å². The number of nitriles is 1. The maximum absolute atomic E-state index is 10.9. The number of aromatic nitrogens is 1. The van der Waals surface area contributed by atoms with Crippen molar-refractivity contribution in [3.05, 3.63) is 105 Å². The van der Waals surface area contributed by atoms with E-state index in [-0.39, 0.29) is 5.69 Å². The van der Waals surface area contributed by atoms with Gasteiger partial charge in [0, 0.05) is 39.8 Å². The standard InChI is InChI=1S/C25H18ClN3O3/c26-21-7-11-23(12-8-21)32-14-13-28-17-20(24-3-1-2-4-25(24)28)15-19(16-27)18-5-9-22(10-6-18)29(30)31/h1-12,15,17H,13-14H2/b19-15+. The summed E-state index contributed by atoms with van der Waals surface area (Å²) in [6.07, 6.45) is 3.79. The Balaban J connectivity index is 1.60. The number of rotatable bonds is 7. The Bertz CT molecular complexity index is 1330. The summed E-state index contributed by atoms with van der Waals surface area (Å²) in [5.74, 6) is 0.746. The Hall–Kier alpha value is -4.08. The Morgan fingerprint density at radius 1 is 1.09 bits per heavy atom. The topological polar surface area (TPSA) is 81.1 Å². The lowest BCUT2D eigenvalue weighted by Crippen LogP contribution is -2.07. The highest BCUT2D eigenvalue weighted by Gasteiger charge is 2.10. The average Bonchev–Trinajstić information content (AvgIpc) is 3.16. The predicted molar refractivity (Wildman–Crippen MR) is 125 cm³/mol. The number of benzene rings is 3. The van der Waals surface area contributed by atoms with Gasteiger partial charge in [0.15, 0.2) is 0 Å². The molecule has 0 amide bonds. The van der Waals surface area contributed by atoms with Gasteiger partial charge in [0.05, 0.1) is 23.1 Å². The Morgan fingerprint density at radius 3 is 2.50 bits per heavy atom. The van der Waals surface area contributed by atoms with E-state index >= 15 is 0 Å². The largest absolute Gasteiger partial charge is 0.492 e. The van der Waals surface area contributed by atoms with Crippen molar-refractivity contribution in [3.63, 3.8) is 0 Å². The van der Waals surface area contributed by atoms with Gasteiger partial charge in [-0.3, -0.25) is 10.1 Å². The van der Waals surface area contributed by atoms with E-state index in [2.05, 4.69) is 10.6 Å². The number of halogens is 1. The first-order valence-corrected chi connectivity index (χ1v) is 10.3. The molecule has 4 aromatic rings. The van der Waals surface area contributed by atoms with Crippen molar-refractivity contribution >= 4 is 39.8 Å². The van der Waals surface area contributed by atoms with Gasteiger partial charge in [-0.15, -0.1) is 0 Å². The van der Waals surface area contributed by atoms with E-state index < -0.39 is 4.92 Å². The third-order valence-corrected chi connectivity index (χ3v) is 5.30. The zero-order valence-electron chi connectivity index (χ0n) is 16.9. The lowest BCUT2D eigenvalue weighted by atomic mass is 10.0. The lowest BCUT2D eigenvalue weighted by molar-refractivity contribution is -0.384. The summed E-state index contributed by atoms with van der Waals surface area (Å²) in [5, 5.41) is 22.3. The van der Waals surface area contributed by atoms with Gasteiger partial charge in [-0.05, 0) is 54.1 Å². The maximum Gasteiger partial charge on any atom is 0.269 e. The van der Waals surface area contributed by atoms with Crippen LogP contribution in [-0.2, 0) is 6.54 Å². The highest BCUT2D eigenvalue weighted by atomic mass is 35.5. The molecule has 0 unspecified atom stereocenters. The normalized spacial score (nSPS) is 11.3. The minimum Gasteiger partial charge on any atom is -0.492 e. The molecule has 0 fully saturated rings. The molecule has 0 atom stereocenters. The number of ether oxygens (including phenoxy) is 1. The molecule has 3 aromatic carbocycles. The maximum atomic E-state index is 10.9. The Labute approximate surface area is 189 Å². The lowest BCUT2D eigenvalue weighted by Gasteiger charge is -2.08. The summed E-state index contributed by atoms with van der Waals surface area (Å²) in [7, 11) is 0. The van der Waals surface area contributed by atoms with Crippen LogP contribution in [0.3, 0.4) is 0 Å². The number of para-hydroxylation sites is 1. The first kappa shape index (κ1) is 21.2. The van der Waals surface area contributed by atoms with Gasteiger partial charge in [-0.2, -0.15) is 5.26 Å². The molecule has 6 nitrogen and oxygen atoms in total. The summed E-state index contributed by atoms with van der Waals surface area (Å²) in [6.45, 7) is 1.09. The number of hydrogen-bond donors (Lipinski definition) is 0. The number of nitro groups is 1. The highest BCUT2D eigenvalue weighted by Crippen LogP contribution is 2.27. The van der Waals surface area contributed by atoms with Gasteiger partial charge in [-0.1, -0.05) is 29.8 Å². The molecular formula is C25H18ClN3O3. The molecule has 0 saturated heterocycles. The molecule has 0 aliphatic heterocycles. The molecular weight excluding hydrogens is 426 g/mol. The molecule has 0 bridgehead atoms. The van der Waals surface area contributed by atoms with Crippen molar-refractivity contribution in [2.24, 2.45) is 0 Å². The van der Waals surface area contributed by atoms with E-state index in [1.54, 1.807) is 30.3 Å². The SMILES string of the molecule is N#C/C(=C\c1cn(CCOc2ccc(Cl)cc2)c2ccccc12)c1ccc([N+](=O)[O-])cc1. The van der Waals surface area contributed by atoms with Crippen molar-refractivity contribution in [2.45, 2.75) is 6.54 Å². The van der Waals surface area contributed by atoms with Gasteiger partial charge in [0.25, 0.3) is 5.69 Å². The summed E-state index contributed by atoms with van der Waals surface area (Å²) < 4.78 is 7.91. The van der Waals surface area contributed by atoms with Crippen LogP contribution in [0.5, 0.6) is 5.75 Å². The smallest absolute Gasteiger partial charge is 0.269 e. The Morgan fingerprint density at radius 2 is 1.81 bits per heavy atom. The number of nitrogens with zero attached hydrogens (tertiary/aromatic N) is 3. The van der Waals surface area contributed by atoms with Crippen LogP contribution >= 0.6 is 11.6 Å². The molecule has 0 aliphatic rings. The molecule has 0 saturated carbocycles.